The summed E-state index contributed by atoms with van der Waals surface area (Å²) in [5, 5.41) is 7.78. The van der Waals surface area contributed by atoms with Gasteiger partial charge < -0.3 is 10.6 Å². The number of likely N-dealkylation sites (tertiary alicyclic amines) is 1. The van der Waals surface area contributed by atoms with Gasteiger partial charge in [-0.25, -0.2) is 0 Å². The van der Waals surface area contributed by atoms with Crippen LogP contribution in [-0.4, -0.2) is 42.7 Å². The molecule has 4 atom stereocenters. The first-order chi connectivity index (χ1) is 11.4. The highest BCUT2D eigenvalue weighted by Crippen LogP contribution is 2.32. The Kier molecular flexibility index (Phi) is 4.98. The molecule has 23 heavy (non-hydrogen) atoms. The standard InChI is InChI=1S/C20H31N3/c1-2-6-16(7-3-1)14-23-13-11-17(15-23)22-20-9-4-8-18(20)19-10-5-12-21-19/h1-3,6-7,17-22H,4-5,8-15H2. The Hall–Kier alpha value is -0.900. The fraction of sp³-hybridized carbons (Fsp3) is 0.700. The molecule has 0 spiro atoms. The maximum Gasteiger partial charge on any atom is 0.0234 e. The molecule has 1 aromatic rings. The predicted molar refractivity (Wildman–Crippen MR) is 95.4 cm³/mol. The average Bonchev–Trinajstić information content (AvgIpc) is 3.30. The van der Waals surface area contributed by atoms with Crippen LogP contribution >= 0.6 is 0 Å². The van der Waals surface area contributed by atoms with Crippen LogP contribution in [0.3, 0.4) is 0 Å². The molecule has 0 amide bonds. The third-order valence-electron chi connectivity index (χ3n) is 6.16. The van der Waals surface area contributed by atoms with E-state index in [1.54, 1.807) is 0 Å². The van der Waals surface area contributed by atoms with Gasteiger partial charge >= 0.3 is 0 Å². The molecule has 0 bridgehead atoms. The van der Waals surface area contributed by atoms with Crippen LogP contribution < -0.4 is 10.6 Å². The summed E-state index contributed by atoms with van der Waals surface area (Å²) in [5.41, 5.74) is 1.45. The highest BCUT2D eigenvalue weighted by atomic mass is 15.2. The van der Waals surface area contributed by atoms with E-state index in [0.29, 0.717) is 6.04 Å². The molecule has 0 aromatic heterocycles. The van der Waals surface area contributed by atoms with E-state index in [4.69, 9.17) is 0 Å². The Bertz CT molecular complexity index is 483. The molecule has 0 radical (unpaired) electrons. The summed E-state index contributed by atoms with van der Waals surface area (Å²) in [6, 6.07) is 13.2. The summed E-state index contributed by atoms with van der Waals surface area (Å²) in [7, 11) is 0. The van der Waals surface area contributed by atoms with E-state index >= 15 is 0 Å². The third kappa shape index (κ3) is 3.78. The van der Waals surface area contributed by atoms with Crippen molar-refractivity contribution in [2.45, 2.75) is 63.2 Å². The van der Waals surface area contributed by atoms with Crippen molar-refractivity contribution in [1.82, 2.24) is 15.5 Å². The lowest BCUT2D eigenvalue weighted by Crippen LogP contribution is -2.46. The third-order valence-corrected chi connectivity index (χ3v) is 6.16. The fourth-order valence-corrected chi connectivity index (χ4v) is 5.01. The predicted octanol–water partition coefficient (Wildman–Crippen LogP) is 2.77. The van der Waals surface area contributed by atoms with Gasteiger partial charge in [0.2, 0.25) is 0 Å². The minimum atomic E-state index is 0.700. The van der Waals surface area contributed by atoms with Crippen LogP contribution in [0.4, 0.5) is 0 Å². The van der Waals surface area contributed by atoms with Gasteiger partial charge in [0.15, 0.2) is 0 Å². The van der Waals surface area contributed by atoms with Crippen LogP contribution in [0, 0.1) is 5.92 Å². The highest BCUT2D eigenvalue weighted by Gasteiger charge is 2.36. The fourth-order valence-electron chi connectivity index (χ4n) is 5.01. The van der Waals surface area contributed by atoms with Crippen molar-refractivity contribution in [3.63, 3.8) is 0 Å². The minimum absolute atomic E-state index is 0.700. The van der Waals surface area contributed by atoms with Crippen molar-refractivity contribution in [3.05, 3.63) is 35.9 Å². The number of nitrogens with one attached hydrogen (secondary N) is 2. The zero-order valence-corrected chi connectivity index (χ0v) is 14.2. The molecule has 1 aliphatic carbocycles. The summed E-state index contributed by atoms with van der Waals surface area (Å²) >= 11 is 0. The normalized spacial score (nSPS) is 35.1. The number of rotatable bonds is 5. The van der Waals surface area contributed by atoms with Gasteiger partial charge in [0.1, 0.15) is 0 Å². The lowest BCUT2D eigenvalue weighted by molar-refractivity contribution is 0.281. The van der Waals surface area contributed by atoms with E-state index in [-0.39, 0.29) is 0 Å². The van der Waals surface area contributed by atoms with Gasteiger partial charge in [0, 0.05) is 37.8 Å². The Balaban J connectivity index is 1.28. The Morgan fingerprint density at radius 1 is 1.04 bits per heavy atom. The molecule has 2 saturated heterocycles. The largest absolute Gasteiger partial charge is 0.314 e. The van der Waals surface area contributed by atoms with E-state index in [9.17, 15) is 0 Å². The smallest absolute Gasteiger partial charge is 0.0234 e. The first-order valence-electron chi connectivity index (χ1n) is 9.64. The first-order valence-corrected chi connectivity index (χ1v) is 9.64. The molecule has 2 aliphatic heterocycles. The number of hydrogen-bond donors (Lipinski definition) is 2. The maximum atomic E-state index is 4.04. The number of benzene rings is 1. The molecule has 3 heteroatoms. The van der Waals surface area contributed by atoms with Crippen LogP contribution in [0.1, 0.15) is 44.1 Å². The van der Waals surface area contributed by atoms with E-state index in [0.717, 1.165) is 24.5 Å². The molecule has 126 valence electrons. The van der Waals surface area contributed by atoms with Crippen LogP contribution in [0.5, 0.6) is 0 Å². The van der Waals surface area contributed by atoms with Crippen molar-refractivity contribution in [1.29, 1.82) is 0 Å². The quantitative estimate of drug-likeness (QED) is 0.875. The molecule has 3 nitrogen and oxygen atoms in total. The van der Waals surface area contributed by atoms with Gasteiger partial charge in [-0.1, -0.05) is 36.8 Å². The summed E-state index contributed by atoms with van der Waals surface area (Å²) in [6.45, 7) is 4.81. The molecule has 2 heterocycles. The van der Waals surface area contributed by atoms with Crippen LogP contribution in [0.25, 0.3) is 0 Å². The zero-order chi connectivity index (χ0) is 15.5. The van der Waals surface area contributed by atoms with Crippen molar-refractivity contribution in [2.75, 3.05) is 19.6 Å². The number of hydrogen-bond acceptors (Lipinski definition) is 3. The summed E-state index contributed by atoms with van der Waals surface area (Å²) < 4.78 is 0. The van der Waals surface area contributed by atoms with Gasteiger partial charge in [-0.15, -0.1) is 0 Å². The molecule has 4 rings (SSSR count). The van der Waals surface area contributed by atoms with Crippen molar-refractivity contribution < 1.29 is 0 Å². The summed E-state index contributed by atoms with van der Waals surface area (Å²) in [4.78, 5) is 2.62. The van der Waals surface area contributed by atoms with Gasteiger partial charge in [-0.05, 0) is 50.1 Å². The van der Waals surface area contributed by atoms with Gasteiger partial charge in [0.25, 0.3) is 0 Å². The van der Waals surface area contributed by atoms with Gasteiger partial charge in [-0.2, -0.15) is 0 Å². The number of nitrogens with zero attached hydrogens (tertiary/aromatic N) is 1. The molecule has 1 saturated carbocycles. The molecular weight excluding hydrogens is 282 g/mol. The Morgan fingerprint density at radius 2 is 1.96 bits per heavy atom. The van der Waals surface area contributed by atoms with E-state index in [1.165, 1.54) is 63.7 Å². The summed E-state index contributed by atoms with van der Waals surface area (Å²) in [6.07, 6.45) is 8.32. The molecule has 2 N–H and O–H groups in total. The topological polar surface area (TPSA) is 27.3 Å². The minimum Gasteiger partial charge on any atom is -0.314 e. The van der Waals surface area contributed by atoms with E-state index < -0.39 is 0 Å². The molecule has 3 aliphatic rings. The van der Waals surface area contributed by atoms with Crippen LogP contribution in [-0.2, 0) is 6.54 Å². The second-order valence-electron chi connectivity index (χ2n) is 7.78. The second-order valence-corrected chi connectivity index (χ2v) is 7.78. The van der Waals surface area contributed by atoms with Crippen molar-refractivity contribution in [2.24, 2.45) is 5.92 Å². The molecule has 1 aromatic carbocycles. The second kappa shape index (κ2) is 7.33. The van der Waals surface area contributed by atoms with Crippen molar-refractivity contribution >= 4 is 0 Å². The lowest BCUT2D eigenvalue weighted by atomic mass is 9.92. The monoisotopic (exact) mass is 313 g/mol. The molecule has 4 unspecified atom stereocenters. The van der Waals surface area contributed by atoms with E-state index in [2.05, 4.69) is 45.9 Å². The van der Waals surface area contributed by atoms with Gasteiger partial charge in [0.05, 0.1) is 0 Å². The zero-order valence-electron chi connectivity index (χ0n) is 14.2. The molecule has 3 fully saturated rings. The van der Waals surface area contributed by atoms with Crippen molar-refractivity contribution in [3.8, 4) is 0 Å². The first kappa shape index (κ1) is 15.6. The summed E-state index contributed by atoms with van der Waals surface area (Å²) in [5.74, 6) is 0.876. The SMILES string of the molecule is c1ccc(CN2CCC(NC3CCCC3C3CCCN3)C2)cc1. The maximum absolute atomic E-state index is 4.04. The van der Waals surface area contributed by atoms with E-state index in [1.807, 2.05) is 0 Å². The molecular formula is C20H31N3. The lowest BCUT2D eigenvalue weighted by Gasteiger charge is -2.29. The van der Waals surface area contributed by atoms with Crippen LogP contribution in [0.15, 0.2) is 30.3 Å². The van der Waals surface area contributed by atoms with Gasteiger partial charge in [-0.3, -0.25) is 4.90 Å². The average molecular weight is 313 g/mol. The Labute approximate surface area is 140 Å². The Morgan fingerprint density at radius 3 is 2.78 bits per heavy atom. The van der Waals surface area contributed by atoms with Crippen LogP contribution in [0.2, 0.25) is 0 Å². The highest BCUT2D eigenvalue weighted by molar-refractivity contribution is 5.14.